The van der Waals surface area contributed by atoms with Crippen LogP contribution >= 0.6 is 12.4 Å². The number of aliphatic hydroxyl groups excluding tert-OH is 1. The summed E-state index contributed by atoms with van der Waals surface area (Å²) in [5.41, 5.74) is 2.63. The van der Waals surface area contributed by atoms with E-state index in [1.807, 2.05) is 31.2 Å². The van der Waals surface area contributed by atoms with E-state index in [0.29, 0.717) is 45.2 Å². The fraction of sp³-hybridized carbons (Fsp3) is 0.333. The van der Waals surface area contributed by atoms with Crippen LogP contribution in [0.25, 0.3) is 22.0 Å². The third kappa shape index (κ3) is 7.33. The molecule has 222 valence electrons. The Labute approximate surface area is 247 Å². The van der Waals surface area contributed by atoms with E-state index in [2.05, 4.69) is 20.6 Å². The van der Waals surface area contributed by atoms with Gasteiger partial charge in [-0.25, -0.2) is 15.0 Å². The quantitative estimate of drug-likeness (QED) is 0.221. The van der Waals surface area contributed by atoms with Gasteiger partial charge < -0.3 is 20.5 Å². The summed E-state index contributed by atoms with van der Waals surface area (Å²) in [4.78, 5) is 25.9. The Bertz CT molecular complexity index is 1550. The number of hydrogen-bond acceptors (Lipinski definition) is 8. The minimum atomic E-state index is -4.85. The summed E-state index contributed by atoms with van der Waals surface area (Å²) in [6, 6.07) is 14.5. The van der Waals surface area contributed by atoms with Crippen molar-refractivity contribution in [1.29, 1.82) is 0 Å². The molecule has 5 rings (SSSR count). The molecule has 0 spiro atoms. The van der Waals surface area contributed by atoms with Crippen LogP contribution < -0.4 is 15.4 Å². The van der Waals surface area contributed by atoms with E-state index in [0.717, 1.165) is 31.5 Å². The maximum absolute atomic E-state index is 12.7. The maximum atomic E-state index is 12.7. The van der Waals surface area contributed by atoms with Gasteiger partial charge in [-0.3, -0.25) is 4.79 Å². The Balaban J connectivity index is 0.00000405. The van der Waals surface area contributed by atoms with Crippen LogP contribution in [0.5, 0.6) is 11.6 Å². The van der Waals surface area contributed by atoms with Crippen molar-refractivity contribution >= 4 is 34.9 Å². The van der Waals surface area contributed by atoms with Crippen molar-refractivity contribution in [2.75, 3.05) is 18.4 Å². The van der Waals surface area contributed by atoms with Crippen LogP contribution in [0.15, 0.2) is 60.9 Å². The number of fused-ring (bicyclic) bond motifs is 1. The number of benzene rings is 2. The van der Waals surface area contributed by atoms with E-state index < -0.39 is 24.5 Å². The molecule has 0 amide bonds. The average Bonchev–Trinajstić information content (AvgIpc) is 2.95. The lowest BCUT2D eigenvalue weighted by molar-refractivity contribution is -0.205. The Morgan fingerprint density at radius 1 is 1.12 bits per heavy atom. The van der Waals surface area contributed by atoms with Gasteiger partial charge in [0.25, 0.3) is 0 Å². The van der Waals surface area contributed by atoms with Crippen molar-refractivity contribution in [2.45, 2.75) is 50.9 Å². The highest BCUT2D eigenvalue weighted by Crippen LogP contribution is 2.37. The molecule has 1 unspecified atom stereocenters. The number of aromatic nitrogens is 3. The number of anilines is 1. The number of halogens is 4. The standard InChI is InChI=1S/C30H30F3N5O3.ClH/c1-18-9-10-22-19(15-21(39)16-26(40)30(31,32)33)5-2-7-23(22)27(18)41-28-24(8-4-13-35-28)25-11-14-36-29(38-25)37-20-6-3-12-34-17-20;/h2,4-5,7-11,13-14,20,26,34,40H,3,6,12,15-17H2,1H3,(H,36,37,38);1H/t20-,26?;/m0./s1. The highest BCUT2D eigenvalue weighted by molar-refractivity contribution is 5.95. The van der Waals surface area contributed by atoms with Crippen molar-refractivity contribution in [3.8, 4) is 22.9 Å². The summed E-state index contributed by atoms with van der Waals surface area (Å²) in [5, 5.41) is 17.4. The summed E-state index contributed by atoms with van der Waals surface area (Å²) in [6.07, 6.45) is -3.39. The number of nitrogens with one attached hydrogen (secondary N) is 2. The van der Waals surface area contributed by atoms with Crippen LogP contribution in [0.2, 0.25) is 0 Å². The topological polar surface area (TPSA) is 109 Å². The summed E-state index contributed by atoms with van der Waals surface area (Å²) in [7, 11) is 0. The highest BCUT2D eigenvalue weighted by Gasteiger charge is 2.39. The van der Waals surface area contributed by atoms with Gasteiger partial charge in [0.1, 0.15) is 11.5 Å². The predicted octanol–water partition coefficient (Wildman–Crippen LogP) is 5.80. The zero-order valence-corrected chi connectivity index (χ0v) is 23.6. The molecule has 0 bridgehead atoms. The number of ketones is 1. The number of hydrogen-bond donors (Lipinski definition) is 3. The van der Waals surface area contributed by atoms with Crippen molar-refractivity contribution in [1.82, 2.24) is 20.3 Å². The Morgan fingerprint density at radius 2 is 1.95 bits per heavy atom. The molecule has 0 radical (unpaired) electrons. The molecule has 3 N–H and O–H groups in total. The van der Waals surface area contributed by atoms with Gasteiger partial charge in [0.05, 0.1) is 11.3 Å². The largest absolute Gasteiger partial charge is 0.437 e. The zero-order valence-electron chi connectivity index (χ0n) is 22.8. The first kappa shape index (κ1) is 31.1. The first-order chi connectivity index (χ1) is 19.7. The number of nitrogens with zero attached hydrogens (tertiary/aromatic N) is 3. The Morgan fingerprint density at radius 3 is 2.71 bits per heavy atom. The number of rotatable bonds is 9. The zero-order chi connectivity index (χ0) is 29.0. The van der Waals surface area contributed by atoms with Gasteiger partial charge in [-0.2, -0.15) is 13.2 Å². The van der Waals surface area contributed by atoms with Crippen LogP contribution in [0.1, 0.15) is 30.4 Å². The molecule has 3 heterocycles. The normalized spacial score (nSPS) is 16.0. The molecule has 1 saturated heterocycles. The van der Waals surface area contributed by atoms with Gasteiger partial charge in [-0.1, -0.05) is 30.3 Å². The molecule has 1 aliphatic rings. The molecule has 1 fully saturated rings. The fourth-order valence-corrected chi connectivity index (χ4v) is 4.91. The smallest absolute Gasteiger partial charge is 0.414 e. The Hall–Kier alpha value is -3.80. The van der Waals surface area contributed by atoms with Gasteiger partial charge in [0, 0.05) is 43.2 Å². The van der Waals surface area contributed by atoms with Crippen molar-refractivity contribution in [3.05, 3.63) is 72.1 Å². The minimum absolute atomic E-state index is 0. The summed E-state index contributed by atoms with van der Waals surface area (Å²) in [5.74, 6) is 0.626. The molecule has 8 nitrogen and oxygen atoms in total. The second-order valence-corrected chi connectivity index (χ2v) is 10.1. The van der Waals surface area contributed by atoms with Crippen LogP contribution in [0.3, 0.4) is 0 Å². The van der Waals surface area contributed by atoms with Gasteiger partial charge in [0.2, 0.25) is 11.8 Å². The van der Waals surface area contributed by atoms with E-state index in [1.165, 1.54) is 0 Å². The minimum Gasteiger partial charge on any atom is -0.437 e. The third-order valence-corrected chi connectivity index (χ3v) is 7.02. The van der Waals surface area contributed by atoms with E-state index in [-0.39, 0.29) is 24.9 Å². The van der Waals surface area contributed by atoms with Crippen molar-refractivity contribution < 1.29 is 27.8 Å². The fourth-order valence-electron chi connectivity index (χ4n) is 4.91. The lowest BCUT2D eigenvalue weighted by Gasteiger charge is -2.23. The number of alkyl halides is 3. The summed E-state index contributed by atoms with van der Waals surface area (Å²) in [6.45, 7) is 3.72. The number of piperidine rings is 1. The van der Waals surface area contributed by atoms with Gasteiger partial charge in [0.15, 0.2) is 6.10 Å². The molecule has 0 saturated carbocycles. The van der Waals surface area contributed by atoms with Crippen LogP contribution in [0, 0.1) is 6.92 Å². The number of aryl methyl sites for hydroxylation is 1. The summed E-state index contributed by atoms with van der Waals surface area (Å²) >= 11 is 0. The van der Waals surface area contributed by atoms with Gasteiger partial charge in [-0.15, -0.1) is 12.4 Å². The van der Waals surface area contributed by atoms with E-state index in [1.54, 1.807) is 36.7 Å². The van der Waals surface area contributed by atoms with E-state index in [9.17, 15) is 23.1 Å². The molecule has 2 aromatic heterocycles. The SMILES string of the molecule is Cc1ccc2c(CC(=O)CC(O)C(F)(F)F)cccc2c1Oc1ncccc1-c1ccnc(N[C@H]2CCCNC2)n1.Cl. The molecule has 1 aliphatic heterocycles. The second-order valence-electron chi connectivity index (χ2n) is 10.1. The number of carbonyl (C=O) groups excluding carboxylic acids is 1. The number of pyridine rings is 1. The number of Topliss-reactive ketones (excluding diaryl/α,β-unsaturated/α-hetero) is 1. The number of ether oxygens (including phenoxy) is 1. The third-order valence-electron chi connectivity index (χ3n) is 7.02. The summed E-state index contributed by atoms with van der Waals surface area (Å²) < 4.78 is 44.6. The molecule has 2 aromatic carbocycles. The first-order valence-electron chi connectivity index (χ1n) is 13.4. The van der Waals surface area contributed by atoms with Gasteiger partial charge >= 0.3 is 6.18 Å². The first-order valence-corrected chi connectivity index (χ1v) is 13.4. The predicted molar refractivity (Wildman–Crippen MR) is 156 cm³/mol. The second kappa shape index (κ2) is 13.5. The van der Waals surface area contributed by atoms with E-state index >= 15 is 0 Å². The number of carbonyl (C=O) groups is 1. The van der Waals surface area contributed by atoms with Crippen molar-refractivity contribution in [3.63, 3.8) is 0 Å². The number of aliphatic hydroxyl groups is 1. The van der Waals surface area contributed by atoms with E-state index in [4.69, 9.17) is 9.72 Å². The molecule has 12 heteroatoms. The molecular formula is C30H31ClF3N5O3. The molecular weight excluding hydrogens is 571 g/mol. The lowest BCUT2D eigenvalue weighted by atomic mass is 9.96. The molecule has 2 atom stereocenters. The monoisotopic (exact) mass is 601 g/mol. The maximum Gasteiger partial charge on any atom is 0.414 e. The average molecular weight is 602 g/mol. The molecule has 4 aromatic rings. The van der Waals surface area contributed by atoms with Gasteiger partial charge in [-0.05, 0) is 61.0 Å². The van der Waals surface area contributed by atoms with Crippen LogP contribution in [-0.2, 0) is 11.2 Å². The van der Waals surface area contributed by atoms with Crippen LogP contribution in [-0.4, -0.2) is 57.3 Å². The molecule has 0 aliphatic carbocycles. The lowest BCUT2D eigenvalue weighted by Crippen LogP contribution is -2.38. The highest BCUT2D eigenvalue weighted by atomic mass is 35.5. The Kier molecular flexibility index (Phi) is 9.97. The van der Waals surface area contributed by atoms with Crippen LogP contribution in [0.4, 0.5) is 19.1 Å². The molecule has 42 heavy (non-hydrogen) atoms. The van der Waals surface area contributed by atoms with Crippen molar-refractivity contribution in [2.24, 2.45) is 0 Å².